The number of benzene rings is 1. The monoisotopic (exact) mass is 272 g/mol. The fraction of sp³-hybridized carbons (Fsp3) is 0.611. The average Bonchev–Trinajstić information content (AvgIpc) is 2.71. The highest BCUT2D eigenvalue weighted by molar-refractivity contribution is 5.76. The quantitative estimate of drug-likeness (QED) is 0.747. The molecule has 0 bridgehead atoms. The summed E-state index contributed by atoms with van der Waals surface area (Å²) in [6.45, 7) is 13.6. The standard InChI is InChI=1S/C18H26NO/c1-12(2)16-19(13(3)4)17(5)11-14-9-7-8-10-15(14)18(17,6)20-16/h7-10,12-13H,11H2,1-6H3/q+1/t17-,18+/m1/s1. The molecule has 0 amide bonds. The van der Waals surface area contributed by atoms with Crippen molar-refractivity contribution in [3.05, 3.63) is 35.4 Å². The van der Waals surface area contributed by atoms with Gasteiger partial charge in [-0.15, -0.1) is 0 Å². The van der Waals surface area contributed by atoms with E-state index >= 15 is 0 Å². The molecule has 3 rings (SSSR count). The number of rotatable bonds is 2. The van der Waals surface area contributed by atoms with Crippen LogP contribution in [0.5, 0.6) is 0 Å². The highest BCUT2D eigenvalue weighted by Gasteiger charge is 2.68. The van der Waals surface area contributed by atoms with Crippen LogP contribution in [0.1, 0.15) is 52.7 Å². The van der Waals surface area contributed by atoms with Crippen LogP contribution in [-0.2, 0) is 16.8 Å². The van der Waals surface area contributed by atoms with E-state index in [2.05, 4.69) is 70.4 Å². The minimum Gasteiger partial charge on any atom is -0.429 e. The summed E-state index contributed by atoms with van der Waals surface area (Å²) >= 11 is 0. The molecule has 1 aliphatic carbocycles. The van der Waals surface area contributed by atoms with Crippen LogP contribution in [-0.4, -0.2) is 22.1 Å². The minimum atomic E-state index is -0.229. The van der Waals surface area contributed by atoms with Gasteiger partial charge in [-0.05, 0) is 40.2 Å². The average molecular weight is 272 g/mol. The van der Waals surface area contributed by atoms with Gasteiger partial charge >= 0.3 is 5.90 Å². The molecule has 1 aromatic rings. The Labute approximate surface area is 122 Å². The largest absolute Gasteiger partial charge is 0.429 e. The second-order valence-corrected chi connectivity index (χ2v) is 7.20. The Morgan fingerprint density at radius 2 is 1.75 bits per heavy atom. The maximum Gasteiger partial charge on any atom is 0.340 e. The Morgan fingerprint density at radius 3 is 2.35 bits per heavy atom. The van der Waals surface area contributed by atoms with Gasteiger partial charge in [-0.25, -0.2) is 0 Å². The van der Waals surface area contributed by atoms with E-state index in [-0.39, 0.29) is 11.1 Å². The van der Waals surface area contributed by atoms with Gasteiger partial charge in [-0.3, -0.25) is 0 Å². The molecule has 1 aromatic carbocycles. The summed E-state index contributed by atoms with van der Waals surface area (Å²) in [5.41, 5.74) is 2.59. The molecule has 20 heavy (non-hydrogen) atoms. The first-order valence-electron chi connectivity index (χ1n) is 7.75. The normalized spacial score (nSPS) is 31.8. The summed E-state index contributed by atoms with van der Waals surface area (Å²) < 4.78 is 9.11. The molecule has 108 valence electrons. The molecule has 0 saturated heterocycles. The third kappa shape index (κ3) is 1.48. The lowest BCUT2D eigenvalue weighted by molar-refractivity contribution is -0.631. The molecule has 2 aliphatic rings. The van der Waals surface area contributed by atoms with Gasteiger partial charge in [0.15, 0.2) is 6.04 Å². The first-order valence-corrected chi connectivity index (χ1v) is 7.75. The third-order valence-electron chi connectivity index (χ3n) is 5.18. The van der Waals surface area contributed by atoms with Crippen LogP contribution in [0, 0.1) is 5.92 Å². The van der Waals surface area contributed by atoms with E-state index in [4.69, 9.17) is 4.74 Å². The topological polar surface area (TPSA) is 12.2 Å². The lowest BCUT2D eigenvalue weighted by Gasteiger charge is -2.30. The fourth-order valence-electron chi connectivity index (χ4n) is 4.17. The molecule has 0 saturated carbocycles. The second kappa shape index (κ2) is 4.09. The summed E-state index contributed by atoms with van der Waals surface area (Å²) in [4.78, 5) is 0. The molecule has 0 fully saturated rings. The van der Waals surface area contributed by atoms with E-state index < -0.39 is 0 Å². The first-order chi connectivity index (χ1) is 9.31. The minimum absolute atomic E-state index is 0.0183. The molecule has 2 nitrogen and oxygen atoms in total. The van der Waals surface area contributed by atoms with Crippen molar-refractivity contribution >= 4 is 5.90 Å². The van der Waals surface area contributed by atoms with Crippen molar-refractivity contribution in [1.29, 1.82) is 0 Å². The predicted octanol–water partition coefficient (Wildman–Crippen LogP) is 3.72. The highest BCUT2D eigenvalue weighted by atomic mass is 16.5. The van der Waals surface area contributed by atoms with E-state index in [1.807, 2.05) is 0 Å². The fourth-order valence-corrected chi connectivity index (χ4v) is 4.17. The SMILES string of the molecule is CC(C)C1=[N+](C(C)C)[C@]2(C)Cc3ccccc3[C@]2(C)O1. The molecule has 0 aromatic heterocycles. The maximum absolute atomic E-state index is 6.58. The van der Waals surface area contributed by atoms with Gasteiger partial charge in [-0.1, -0.05) is 24.3 Å². The number of nitrogens with zero attached hydrogens (tertiary/aromatic N) is 1. The summed E-state index contributed by atoms with van der Waals surface area (Å²) in [6, 6.07) is 9.21. The van der Waals surface area contributed by atoms with Crippen LogP contribution in [0.2, 0.25) is 0 Å². The lowest BCUT2D eigenvalue weighted by Crippen LogP contribution is -2.51. The molecule has 2 heteroatoms. The molecular weight excluding hydrogens is 246 g/mol. The van der Waals surface area contributed by atoms with Crippen molar-refractivity contribution in [3.8, 4) is 0 Å². The first kappa shape index (κ1) is 13.7. The van der Waals surface area contributed by atoms with Crippen LogP contribution < -0.4 is 0 Å². The molecule has 0 spiro atoms. The van der Waals surface area contributed by atoms with E-state index in [0.29, 0.717) is 12.0 Å². The van der Waals surface area contributed by atoms with E-state index in [9.17, 15) is 0 Å². The zero-order valence-corrected chi connectivity index (χ0v) is 13.5. The Balaban J connectivity index is 2.20. The number of ether oxygens (including phenoxy) is 1. The molecule has 0 radical (unpaired) electrons. The number of hydrogen-bond acceptors (Lipinski definition) is 1. The molecule has 2 atom stereocenters. The van der Waals surface area contributed by atoms with Crippen LogP contribution in [0.25, 0.3) is 0 Å². The highest BCUT2D eigenvalue weighted by Crippen LogP contribution is 2.52. The molecule has 0 unspecified atom stereocenters. The molecule has 0 N–H and O–H groups in total. The van der Waals surface area contributed by atoms with Crippen LogP contribution in [0.4, 0.5) is 0 Å². The molecule has 1 heterocycles. The van der Waals surface area contributed by atoms with Crippen molar-refractivity contribution in [2.75, 3.05) is 0 Å². The van der Waals surface area contributed by atoms with Gasteiger partial charge in [0, 0.05) is 18.9 Å². The second-order valence-electron chi connectivity index (χ2n) is 7.20. The summed E-state index contributed by atoms with van der Waals surface area (Å²) in [5, 5.41) is 0. The van der Waals surface area contributed by atoms with Crippen molar-refractivity contribution in [2.45, 2.75) is 65.1 Å². The Hall–Kier alpha value is -1.31. The maximum atomic E-state index is 6.58. The van der Waals surface area contributed by atoms with Crippen LogP contribution in [0.3, 0.4) is 0 Å². The van der Waals surface area contributed by atoms with Gasteiger partial charge in [0.2, 0.25) is 11.1 Å². The summed E-state index contributed by atoms with van der Waals surface area (Å²) in [6.07, 6.45) is 1.06. The smallest absolute Gasteiger partial charge is 0.340 e. The Morgan fingerprint density at radius 1 is 1.10 bits per heavy atom. The van der Waals surface area contributed by atoms with Crippen molar-refractivity contribution in [3.63, 3.8) is 0 Å². The summed E-state index contributed by atoms with van der Waals surface area (Å²) in [5.74, 6) is 1.57. The van der Waals surface area contributed by atoms with Gasteiger partial charge in [0.05, 0.1) is 5.92 Å². The Kier molecular flexibility index (Phi) is 2.80. The summed E-state index contributed by atoms with van der Waals surface area (Å²) in [7, 11) is 0. The van der Waals surface area contributed by atoms with Crippen molar-refractivity contribution < 1.29 is 9.31 Å². The molecule has 1 aliphatic heterocycles. The predicted molar refractivity (Wildman–Crippen MR) is 82.2 cm³/mol. The Bertz CT molecular complexity index is 587. The third-order valence-corrected chi connectivity index (χ3v) is 5.18. The van der Waals surface area contributed by atoms with Crippen molar-refractivity contribution in [1.82, 2.24) is 0 Å². The van der Waals surface area contributed by atoms with E-state index in [0.717, 1.165) is 12.3 Å². The van der Waals surface area contributed by atoms with Crippen LogP contribution >= 0.6 is 0 Å². The van der Waals surface area contributed by atoms with Crippen LogP contribution in [0.15, 0.2) is 24.3 Å². The van der Waals surface area contributed by atoms with Crippen molar-refractivity contribution in [2.24, 2.45) is 5.92 Å². The van der Waals surface area contributed by atoms with Gasteiger partial charge in [0.1, 0.15) is 0 Å². The zero-order valence-electron chi connectivity index (χ0n) is 13.5. The zero-order chi connectivity index (χ0) is 14.7. The number of fused-ring (bicyclic) bond motifs is 3. The van der Waals surface area contributed by atoms with E-state index in [1.165, 1.54) is 11.1 Å². The van der Waals surface area contributed by atoms with E-state index in [1.54, 1.807) is 0 Å². The van der Waals surface area contributed by atoms with Gasteiger partial charge in [-0.2, -0.15) is 4.58 Å². The number of hydrogen-bond donors (Lipinski definition) is 0. The van der Waals surface area contributed by atoms with Gasteiger partial charge < -0.3 is 4.74 Å². The molecular formula is C18H26NO+. The van der Waals surface area contributed by atoms with Gasteiger partial charge in [0.25, 0.3) is 0 Å². The lowest BCUT2D eigenvalue weighted by atomic mass is 9.82.